The minimum Gasteiger partial charge on any atom is -0.349 e. The fourth-order valence-corrected chi connectivity index (χ4v) is 3.48. The molecule has 1 N–H and O–H groups in total. The van der Waals surface area contributed by atoms with E-state index in [1.54, 1.807) is 27.9 Å². The van der Waals surface area contributed by atoms with Crippen LogP contribution >= 0.6 is 0 Å². The van der Waals surface area contributed by atoms with Crippen molar-refractivity contribution in [3.05, 3.63) is 77.4 Å². The Morgan fingerprint density at radius 1 is 1.07 bits per heavy atom. The third kappa shape index (κ3) is 4.22. The monoisotopic (exact) mass is 407 g/mol. The Balaban J connectivity index is 1.34. The number of piperidine rings is 1. The number of aromatic nitrogens is 3. The molecule has 154 valence electrons. The van der Waals surface area contributed by atoms with Gasteiger partial charge in [-0.3, -0.25) is 9.59 Å². The van der Waals surface area contributed by atoms with Crippen molar-refractivity contribution in [1.82, 2.24) is 25.2 Å². The molecule has 0 bridgehead atoms. The molecule has 8 heteroatoms. The number of likely N-dealkylation sites (tertiary alicyclic amines) is 1. The van der Waals surface area contributed by atoms with E-state index >= 15 is 0 Å². The van der Waals surface area contributed by atoms with Gasteiger partial charge in [-0.15, -0.1) is 5.10 Å². The normalized spacial score (nSPS) is 14.5. The van der Waals surface area contributed by atoms with Crippen LogP contribution in [0.1, 0.15) is 39.3 Å². The summed E-state index contributed by atoms with van der Waals surface area (Å²) >= 11 is 0. The van der Waals surface area contributed by atoms with E-state index in [0.29, 0.717) is 25.9 Å². The van der Waals surface area contributed by atoms with E-state index in [-0.39, 0.29) is 23.2 Å². The molecular formula is C22H22FN5O2. The summed E-state index contributed by atoms with van der Waals surface area (Å²) in [6.45, 7) is 2.97. The van der Waals surface area contributed by atoms with Crippen LogP contribution in [0.4, 0.5) is 4.39 Å². The first-order valence-electron chi connectivity index (χ1n) is 9.85. The lowest BCUT2D eigenvalue weighted by Crippen LogP contribution is -2.46. The molecule has 1 aliphatic rings. The van der Waals surface area contributed by atoms with E-state index in [1.807, 2.05) is 31.2 Å². The summed E-state index contributed by atoms with van der Waals surface area (Å²) in [4.78, 5) is 26.7. The molecule has 1 aliphatic heterocycles. The smallest absolute Gasteiger partial charge is 0.276 e. The Labute approximate surface area is 173 Å². The number of hydrogen-bond acceptors (Lipinski definition) is 4. The van der Waals surface area contributed by atoms with Crippen molar-refractivity contribution in [2.45, 2.75) is 25.8 Å². The van der Waals surface area contributed by atoms with Gasteiger partial charge in [-0.05, 0) is 44.0 Å². The summed E-state index contributed by atoms with van der Waals surface area (Å²) < 4.78 is 15.3. The summed E-state index contributed by atoms with van der Waals surface area (Å²) in [6, 6.07) is 13.6. The number of carbonyl (C=O) groups is 2. The van der Waals surface area contributed by atoms with Gasteiger partial charge in [0.2, 0.25) is 0 Å². The van der Waals surface area contributed by atoms with E-state index in [0.717, 1.165) is 11.3 Å². The van der Waals surface area contributed by atoms with E-state index in [9.17, 15) is 14.0 Å². The first-order valence-corrected chi connectivity index (χ1v) is 9.85. The maximum Gasteiger partial charge on any atom is 0.276 e. The lowest BCUT2D eigenvalue weighted by molar-refractivity contribution is 0.0692. The number of carbonyl (C=O) groups excluding carboxylic acids is 2. The molecule has 2 amide bonds. The molecule has 0 aliphatic carbocycles. The molecule has 3 aromatic rings. The molecule has 4 rings (SSSR count). The van der Waals surface area contributed by atoms with Gasteiger partial charge >= 0.3 is 0 Å². The van der Waals surface area contributed by atoms with Crippen LogP contribution in [-0.2, 0) is 0 Å². The van der Waals surface area contributed by atoms with Crippen LogP contribution in [0.5, 0.6) is 0 Å². The Hall–Kier alpha value is -3.55. The number of nitrogens with zero attached hydrogens (tertiary/aromatic N) is 4. The lowest BCUT2D eigenvalue weighted by Gasteiger charge is -2.31. The second-order valence-corrected chi connectivity index (χ2v) is 7.40. The first-order chi connectivity index (χ1) is 14.5. The SMILES string of the molecule is Cc1ccc(-n2cc(C(=O)N3CCC(NC(=O)c4ccccc4F)CC3)nn2)cc1. The van der Waals surface area contributed by atoms with Gasteiger partial charge in [0.05, 0.1) is 17.4 Å². The van der Waals surface area contributed by atoms with E-state index < -0.39 is 11.7 Å². The lowest BCUT2D eigenvalue weighted by atomic mass is 10.0. The van der Waals surface area contributed by atoms with Gasteiger partial charge in [0.15, 0.2) is 5.69 Å². The number of benzene rings is 2. The summed E-state index contributed by atoms with van der Waals surface area (Å²) in [5, 5.41) is 10.9. The van der Waals surface area contributed by atoms with E-state index in [2.05, 4.69) is 15.6 Å². The zero-order chi connectivity index (χ0) is 21.1. The Bertz CT molecular complexity index is 1060. The maximum absolute atomic E-state index is 13.8. The third-order valence-electron chi connectivity index (χ3n) is 5.25. The molecule has 30 heavy (non-hydrogen) atoms. The quantitative estimate of drug-likeness (QED) is 0.721. The highest BCUT2D eigenvalue weighted by Crippen LogP contribution is 2.16. The third-order valence-corrected chi connectivity index (χ3v) is 5.25. The highest BCUT2D eigenvalue weighted by molar-refractivity contribution is 5.94. The topological polar surface area (TPSA) is 80.1 Å². The van der Waals surface area contributed by atoms with Crippen LogP contribution in [-0.4, -0.2) is 50.8 Å². The van der Waals surface area contributed by atoms with E-state index in [1.165, 1.54) is 12.1 Å². The Morgan fingerprint density at radius 2 is 1.77 bits per heavy atom. The Kier molecular flexibility index (Phi) is 5.56. The summed E-state index contributed by atoms with van der Waals surface area (Å²) in [7, 11) is 0. The molecule has 1 aromatic heterocycles. The zero-order valence-corrected chi connectivity index (χ0v) is 16.6. The van der Waals surface area contributed by atoms with Crippen molar-refractivity contribution in [3.63, 3.8) is 0 Å². The van der Waals surface area contributed by atoms with Crippen LogP contribution < -0.4 is 5.32 Å². The number of amides is 2. The van der Waals surface area contributed by atoms with Crippen LogP contribution in [0.3, 0.4) is 0 Å². The molecule has 0 radical (unpaired) electrons. The molecule has 1 saturated heterocycles. The molecule has 0 saturated carbocycles. The maximum atomic E-state index is 13.8. The van der Waals surface area contributed by atoms with Gasteiger partial charge in [-0.25, -0.2) is 9.07 Å². The molecule has 1 fully saturated rings. The average molecular weight is 407 g/mol. The summed E-state index contributed by atoms with van der Waals surface area (Å²) in [5.74, 6) is -1.16. The highest BCUT2D eigenvalue weighted by Gasteiger charge is 2.27. The van der Waals surface area contributed by atoms with Crippen molar-refractivity contribution in [1.29, 1.82) is 0 Å². The second-order valence-electron chi connectivity index (χ2n) is 7.40. The summed E-state index contributed by atoms with van der Waals surface area (Å²) in [6.07, 6.45) is 2.81. The van der Waals surface area contributed by atoms with Gasteiger partial charge in [0.1, 0.15) is 5.82 Å². The second kappa shape index (κ2) is 8.44. The molecule has 2 heterocycles. The van der Waals surface area contributed by atoms with Crippen molar-refractivity contribution in [3.8, 4) is 5.69 Å². The fourth-order valence-electron chi connectivity index (χ4n) is 3.48. The predicted molar refractivity (Wildman–Crippen MR) is 109 cm³/mol. The van der Waals surface area contributed by atoms with Crippen molar-refractivity contribution in [2.24, 2.45) is 0 Å². The highest BCUT2D eigenvalue weighted by atomic mass is 19.1. The molecule has 0 atom stereocenters. The minimum atomic E-state index is -0.542. The van der Waals surface area contributed by atoms with Gasteiger partial charge in [-0.1, -0.05) is 35.0 Å². The number of hydrogen-bond donors (Lipinski definition) is 1. The van der Waals surface area contributed by atoms with Gasteiger partial charge in [0, 0.05) is 19.1 Å². The van der Waals surface area contributed by atoms with E-state index in [4.69, 9.17) is 0 Å². The van der Waals surface area contributed by atoms with Crippen LogP contribution in [0.25, 0.3) is 5.69 Å². The van der Waals surface area contributed by atoms with Gasteiger partial charge in [-0.2, -0.15) is 0 Å². The zero-order valence-electron chi connectivity index (χ0n) is 16.6. The predicted octanol–water partition coefficient (Wildman–Crippen LogP) is 2.75. The molecule has 0 spiro atoms. The van der Waals surface area contributed by atoms with Crippen LogP contribution in [0.2, 0.25) is 0 Å². The number of aryl methyl sites for hydroxylation is 1. The molecule has 0 unspecified atom stereocenters. The van der Waals surface area contributed by atoms with Crippen molar-refractivity contribution < 1.29 is 14.0 Å². The minimum absolute atomic E-state index is 0.0312. The number of halogens is 1. The molecular weight excluding hydrogens is 385 g/mol. The van der Waals surface area contributed by atoms with Crippen LogP contribution in [0, 0.1) is 12.7 Å². The molecule has 7 nitrogen and oxygen atoms in total. The first kappa shape index (κ1) is 19.8. The average Bonchev–Trinajstić information content (AvgIpc) is 3.25. The van der Waals surface area contributed by atoms with Crippen molar-refractivity contribution >= 4 is 11.8 Å². The van der Waals surface area contributed by atoms with Gasteiger partial charge < -0.3 is 10.2 Å². The fraction of sp³-hybridized carbons (Fsp3) is 0.273. The largest absolute Gasteiger partial charge is 0.349 e. The van der Waals surface area contributed by atoms with Gasteiger partial charge in [0.25, 0.3) is 11.8 Å². The van der Waals surface area contributed by atoms with Crippen molar-refractivity contribution in [2.75, 3.05) is 13.1 Å². The number of rotatable bonds is 4. The summed E-state index contributed by atoms with van der Waals surface area (Å²) in [5.41, 5.74) is 2.29. The Morgan fingerprint density at radius 3 is 2.47 bits per heavy atom. The standard InChI is InChI=1S/C22H22FN5O2/c1-15-6-8-17(9-7-15)28-14-20(25-26-28)22(30)27-12-10-16(11-13-27)24-21(29)18-4-2-3-5-19(18)23/h2-9,14,16H,10-13H2,1H3,(H,24,29). The number of nitrogens with one attached hydrogen (secondary N) is 1. The van der Waals surface area contributed by atoms with Crippen LogP contribution in [0.15, 0.2) is 54.7 Å². The molecule has 2 aromatic carbocycles.